The van der Waals surface area contributed by atoms with Gasteiger partial charge in [0.1, 0.15) is 0 Å². The smallest absolute Gasteiger partial charge is 0.191 e. The van der Waals surface area contributed by atoms with Gasteiger partial charge >= 0.3 is 0 Å². The molecule has 25 heavy (non-hydrogen) atoms. The van der Waals surface area contributed by atoms with Gasteiger partial charge in [-0.1, -0.05) is 40.9 Å². The number of guanidine groups is 1. The Bertz CT molecular complexity index is 552. The van der Waals surface area contributed by atoms with Gasteiger partial charge < -0.3 is 15.4 Å². The van der Waals surface area contributed by atoms with E-state index in [-0.39, 0.29) is 29.4 Å². The molecule has 0 spiro atoms. The molecule has 0 radical (unpaired) electrons. The van der Waals surface area contributed by atoms with Gasteiger partial charge in [0.15, 0.2) is 5.96 Å². The van der Waals surface area contributed by atoms with Crippen molar-refractivity contribution in [3.8, 4) is 0 Å². The van der Waals surface area contributed by atoms with Crippen LogP contribution in [0.15, 0.2) is 33.7 Å². The Morgan fingerprint density at radius 3 is 2.44 bits per heavy atom. The summed E-state index contributed by atoms with van der Waals surface area (Å²) in [4.78, 5) is 4.43. The normalized spacial score (nSPS) is 20.8. The molecule has 1 aromatic rings. The van der Waals surface area contributed by atoms with Crippen molar-refractivity contribution in [3.63, 3.8) is 0 Å². The predicted molar refractivity (Wildman–Crippen MR) is 118 cm³/mol. The maximum absolute atomic E-state index is 5.63. The highest BCUT2D eigenvalue weighted by atomic mass is 127. The fourth-order valence-corrected chi connectivity index (χ4v) is 4.11. The van der Waals surface area contributed by atoms with Gasteiger partial charge in [-0.3, -0.25) is 4.99 Å². The van der Waals surface area contributed by atoms with Gasteiger partial charge in [-0.2, -0.15) is 0 Å². The summed E-state index contributed by atoms with van der Waals surface area (Å²) in [6, 6.07) is 9.33. The van der Waals surface area contributed by atoms with Crippen molar-refractivity contribution in [2.45, 2.75) is 50.0 Å². The summed E-state index contributed by atoms with van der Waals surface area (Å²) in [6.45, 7) is 2.54. The number of hydrogen-bond donors (Lipinski definition) is 2. The second kappa shape index (κ2) is 10.1. The molecule has 1 heterocycles. The Hall–Kier alpha value is -0.340. The Balaban J connectivity index is 0.00000225. The highest BCUT2D eigenvalue weighted by molar-refractivity contribution is 14.0. The third-order valence-corrected chi connectivity index (χ3v) is 5.95. The molecule has 1 aliphatic carbocycles. The minimum Gasteiger partial charge on any atom is -0.381 e. The number of hydrogen-bond acceptors (Lipinski definition) is 2. The number of benzene rings is 1. The van der Waals surface area contributed by atoms with Crippen LogP contribution in [0.2, 0.25) is 0 Å². The number of halogens is 2. The van der Waals surface area contributed by atoms with Crippen LogP contribution in [0.5, 0.6) is 0 Å². The fourth-order valence-electron chi connectivity index (χ4n) is 3.84. The summed E-state index contributed by atoms with van der Waals surface area (Å²) < 4.78 is 6.75. The molecule has 1 aliphatic heterocycles. The van der Waals surface area contributed by atoms with Crippen LogP contribution in [-0.4, -0.2) is 38.8 Å². The van der Waals surface area contributed by atoms with Gasteiger partial charge in [-0.15, -0.1) is 24.0 Å². The average Bonchev–Trinajstić information content (AvgIpc) is 3.13. The third kappa shape index (κ3) is 5.57. The molecule has 6 heteroatoms. The van der Waals surface area contributed by atoms with Crippen LogP contribution in [0.4, 0.5) is 0 Å². The van der Waals surface area contributed by atoms with Crippen LogP contribution < -0.4 is 10.6 Å². The molecule has 140 valence electrons. The van der Waals surface area contributed by atoms with Crippen LogP contribution in [0.1, 0.15) is 44.1 Å². The van der Waals surface area contributed by atoms with Crippen LogP contribution in [-0.2, 0) is 10.2 Å². The van der Waals surface area contributed by atoms with Crippen molar-refractivity contribution in [2.24, 2.45) is 4.99 Å². The maximum Gasteiger partial charge on any atom is 0.191 e. The van der Waals surface area contributed by atoms with E-state index >= 15 is 0 Å². The largest absolute Gasteiger partial charge is 0.381 e. The lowest BCUT2D eigenvalue weighted by Crippen LogP contribution is -2.49. The van der Waals surface area contributed by atoms with Crippen LogP contribution in [0, 0.1) is 0 Å². The van der Waals surface area contributed by atoms with Crippen molar-refractivity contribution >= 4 is 45.9 Å². The Morgan fingerprint density at radius 2 is 1.84 bits per heavy atom. The minimum absolute atomic E-state index is 0. The maximum atomic E-state index is 5.63. The van der Waals surface area contributed by atoms with Gasteiger partial charge in [-0.05, 0) is 43.4 Å². The summed E-state index contributed by atoms with van der Waals surface area (Å²) >= 11 is 3.54. The van der Waals surface area contributed by atoms with E-state index in [4.69, 9.17) is 4.74 Å². The number of nitrogens with one attached hydrogen (secondary N) is 2. The SMILES string of the molecule is CN=C(NCC1(c2ccc(Br)cc2)CCOCC1)NC1CCCC1.I. The number of rotatable bonds is 4. The molecule has 1 saturated heterocycles. The summed E-state index contributed by atoms with van der Waals surface area (Å²) in [5.41, 5.74) is 1.50. The van der Waals surface area contributed by atoms with E-state index in [2.05, 4.69) is 55.8 Å². The zero-order valence-corrected chi connectivity index (χ0v) is 18.8. The summed E-state index contributed by atoms with van der Waals surface area (Å²) in [6.07, 6.45) is 7.26. The lowest BCUT2D eigenvalue weighted by molar-refractivity contribution is 0.0513. The van der Waals surface area contributed by atoms with Crippen molar-refractivity contribution < 1.29 is 4.74 Å². The number of ether oxygens (including phenoxy) is 1. The quantitative estimate of drug-likeness (QED) is 0.354. The molecule has 0 aromatic heterocycles. The zero-order valence-electron chi connectivity index (χ0n) is 14.9. The highest BCUT2D eigenvalue weighted by Crippen LogP contribution is 2.35. The number of nitrogens with zero attached hydrogens (tertiary/aromatic N) is 1. The predicted octanol–water partition coefficient (Wildman–Crippen LogP) is 4.22. The monoisotopic (exact) mass is 521 g/mol. The average molecular weight is 522 g/mol. The molecule has 1 aromatic carbocycles. The molecular formula is C19H29BrIN3O. The molecule has 4 nitrogen and oxygen atoms in total. The van der Waals surface area contributed by atoms with Gasteiger partial charge in [0.2, 0.25) is 0 Å². The lowest BCUT2D eigenvalue weighted by Gasteiger charge is -2.38. The van der Waals surface area contributed by atoms with E-state index < -0.39 is 0 Å². The van der Waals surface area contributed by atoms with E-state index in [0.29, 0.717) is 6.04 Å². The van der Waals surface area contributed by atoms with E-state index in [9.17, 15) is 0 Å². The topological polar surface area (TPSA) is 45.7 Å². The number of aliphatic imine (C=N–C) groups is 1. The second-order valence-electron chi connectivity index (χ2n) is 6.95. The first-order valence-corrected chi connectivity index (χ1v) is 9.82. The van der Waals surface area contributed by atoms with Crippen LogP contribution in [0.3, 0.4) is 0 Å². The molecule has 3 rings (SSSR count). The molecule has 1 saturated carbocycles. The fraction of sp³-hybridized carbons (Fsp3) is 0.632. The second-order valence-corrected chi connectivity index (χ2v) is 7.87. The zero-order chi connectivity index (χ0) is 16.8. The molecule has 0 unspecified atom stereocenters. The molecular weight excluding hydrogens is 493 g/mol. The lowest BCUT2D eigenvalue weighted by atomic mass is 9.74. The first-order chi connectivity index (χ1) is 11.7. The molecule has 0 amide bonds. The van der Waals surface area contributed by atoms with Crippen LogP contribution in [0.25, 0.3) is 0 Å². The first kappa shape index (κ1) is 21.0. The summed E-state index contributed by atoms with van der Waals surface area (Å²) in [5, 5.41) is 7.17. The standard InChI is InChI=1S/C19H28BrN3O.HI/c1-21-18(23-17-4-2-3-5-17)22-14-19(10-12-24-13-11-19)15-6-8-16(20)9-7-15;/h6-9,17H,2-5,10-14H2,1H3,(H2,21,22,23);1H. The van der Waals surface area contributed by atoms with Gasteiger partial charge in [-0.25, -0.2) is 0 Å². The van der Waals surface area contributed by atoms with Crippen molar-refractivity contribution in [1.29, 1.82) is 0 Å². The minimum atomic E-state index is 0. The van der Waals surface area contributed by atoms with E-state index in [1.807, 2.05) is 7.05 Å². The van der Waals surface area contributed by atoms with Crippen molar-refractivity contribution in [3.05, 3.63) is 34.3 Å². The Morgan fingerprint density at radius 1 is 1.20 bits per heavy atom. The van der Waals surface area contributed by atoms with Gasteiger partial charge in [0, 0.05) is 42.7 Å². The first-order valence-electron chi connectivity index (χ1n) is 9.03. The Labute approximate surface area is 176 Å². The third-order valence-electron chi connectivity index (χ3n) is 5.42. The van der Waals surface area contributed by atoms with Crippen molar-refractivity contribution in [1.82, 2.24) is 10.6 Å². The van der Waals surface area contributed by atoms with Crippen LogP contribution >= 0.6 is 39.9 Å². The molecule has 2 aliphatic rings. The van der Waals surface area contributed by atoms with Crippen molar-refractivity contribution in [2.75, 3.05) is 26.8 Å². The molecule has 0 atom stereocenters. The molecule has 2 fully saturated rings. The Kier molecular flexibility index (Phi) is 8.48. The summed E-state index contributed by atoms with van der Waals surface area (Å²) in [7, 11) is 1.86. The van der Waals surface area contributed by atoms with E-state index in [0.717, 1.165) is 43.0 Å². The molecule has 2 N–H and O–H groups in total. The van der Waals surface area contributed by atoms with Gasteiger partial charge in [0.05, 0.1) is 0 Å². The highest BCUT2D eigenvalue weighted by Gasteiger charge is 2.34. The van der Waals surface area contributed by atoms with Gasteiger partial charge in [0.25, 0.3) is 0 Å². The summed E-state index contributed by atoms with van der Waals surface area (Å²) in [5.74, 6) is 0.935. The van der Waals surface area contributed by atoms with E-state index in [1.165, 1.54) is 31.2 Å². The van der Waals surface area contributed by atoms with E-state index in [1.54, 1.807) is 0 Å². The molecule has 0 bridgehead atoms.